The number of fused-ring (bicyclic) bond motifs is 1. The lowest BCUT2D eigenvalue weighted by molar-refractivity contribution is 0.188. The molecule has 1 aromatic heterocycles. The number of β-amino-alcohol motifs (C(OH)–C–C–N with tert-alkyl or cyclic N) is 1. The predicted octanol–water partition coefficient (Wildman–Crippen LogP) is 1.22. The molecule has 7 nitrogen and oxygen atoms in total. The van der Waals surface area contributed by atoms with Crippen LogP contribution in [0.4, 0.5) is 11.8 Å². The Balaban J connectivity index is 1.55. The fourth-order valence-electron chi connectivity index (χ4n) is 4.21. The van der Waals surface area contributed by atoms with Gasteiger partial charge in [-0.25, -0.2) is 4.98 Å². The van der Waals surface area contributed by atoms with Crippen LogP contribution in [-0.4, -0.2) is 84.8 Å². The number of anilines is 2. The van der Waals surface area contributed by atoms with Crippen LogP contribution in [0, 0.1) is 0 Å². The summed E-state index contributed by atoms with van der Waals surface area (Å²) in [6.07, 6.45) is 0.988. The highest BCUT2D eigenvalue weighted by Gasteiger charge is 2.27. The Morgan fingerprint density at radius 2 is 1.72 bits per heavy atom. The quantitative estimate of drug-likeness (QED) is 0.788. The summed E-state index contributed by atoms with van der Waals surface area (Å²) in [6.45, 7) is 7.67. The lowest BCUT2D eigenvalue weighted by Crippen LogP contribution is -2.48. The molecule has 2 aromatic rings. The van der Waals surface area contributed by atoms with Crippen LogP contribution in [0.5, 0.6) is 0 Å². The zero-order valence-electron chi connectivity index (χ0n) is 17.6. The maximum absolute atomic E-state index is 9.20. The highest BCUT2D eigenvalue weighted by molar-refractivity contribution is 5.54. The Hall–Kier alpha value is -2.22. The van der Waals surface area contributed by atoms with Gasteiger partial charge in [0.2, 0.25) is 5.95 Å². The van der Waals surface area contributed by atoms with Gasteiger partial charge >= 0.3 is 0 Å². The molecule has 0 radical (unpaired) electrons. The standard InChI is InChI=1S/C22H32N6O/c1-25(2)22-23-20-17-27(16-18-6-4-3-5-7-18)9-8-19(20)21(24-22)28-12-10-26(11-13-28)14-15-29/h3-7,29H,8-17H2,1-2H3. The van der Waals surface area contributed by atoms with E-state index < -0.39 is 0 Å². The second-order valence-electron chi connectivity index (χ2n) is 8.17. The first kappa shape index (κ1) is 20.1. The molecular weight excluding hydrogens is 364 g/mol. The van der Waals surface area contributed by atoms with Crippen molar-refractivity contribution in [3.05, 3.63) is 47.2 Å². The van der Waals surface area contributed by atoms with Crippen LogP contribution in [0.1, 0.15) is 16.8 Å². The number of piperazine rings is 1. The highest BCUT2D eigenvalue weighted by Crippen LogP contribution is 2.29. The van der Waals surface area contributed by atoms with Gasteiger partial charge in [-0.3, -0.25) is 9.80 Å². The summed E-state index contributed by atoms with van der Waals surface area (Å²) in [5.74, 6) is 1.90. The third kappa shape index (κ3) is 4.69. The van der Waals surface area contributed by atoms with E-state index in [2.05, 4.69) is 45.0 Å². The first-order chi connectivity index (χ1) is 14.1. The summed E-state index contributed by atoms with van der Waals surface area (Å²) in [7, 11) is 4.02. The third-order valence-corrected chi connectivity index (χ3v) is 5.85. The number of aromatic nitrogens is 2. The van der Waals surface area contributed by atoms with Crippen molar-refractivity contribution < 1.29 is 5.11 Å². The number of rotatable bonds is 6. The number of hydrogen-bond donors (Lipinski definition) is 1. The van der Waals surface area contributed by atoms with Crippen LogP contribution in [0.25, 0.3) is 0 Å². The minimum absolute atomic E-state index is 0.227. The van der Waals surface area contributed by atoms with Gasteiger partial charge in [-0.15, -0.1) is 0 Å². The topological polar surface area (TPSA) is 59.0 Å². The SMILES string of the molecule is CN(C)c1nc2c(c(N3CCN(CCO)CC3)n1)CCN(Cc1ccccc1)C2. The average Bonchev–Trinajstić information content (AvgIpc) is 2.74. The smallest absolute Gasteiger partial charge is 0.227 e. The van der Waals surface area contributed by atoms with E-state index in [4.69, 9.17) is 9.97 Å². The molecule has 2 aliphatic rings. The first-order valence-electron chi connectivity index (χ1n) is 10.6. The first-order valence-corrected chi connectivity index (χ1v) is 10.6. The number of aliphatic hydroxyl groups excluding tert-OH is 1. The van der Waals surface area contributed by atoms with Crippen molar-refractivity contribution in [3.63, 3.8) is 0 Å². The van der Waals surface area contributed by atoms with Crippen molar-refractivity contribution >= 4 is 11.8 Å². The van der Waals surface area contributed by atoms with Gasteiger partial charge in [-0.1, -0.05) is 30.3 Å². The Bertz CT molecular complexity index is 804. The maximum atomic E-state index is 9.20. The molecule has 0 aliphatic carbocycles. The van der Waals surface area contributed by atoms with Crippen LogP contribution < -0.4 is 9.80 Å². The molecule has 1 aromatic carbocycles. The van der Waals surface area contributed by atoms with Crippen LogP contribution in [0.2, 0.25) is 0 Å². The fourth-order valence-corrected chi connectivity index (χ4v) is 4.21. The molecular formula is C22H32N6O. The minimum atomic E-state index is 0.227. The molecule has 1 fully saturated rings. The van der Waals surface area contributed by atoms with E-state index in [-0.39, 0.29) is 6.61 Å². The molecule has 4 rings (SSSR count). The molecule has 7 heteroatoms. The van der Waals surface area contributed by atoms with Crippen molar-refractivity contribution in [2.75, 3.05) is 69.8 Å². The number of benzene rings is 1. The molecule has 1 N–H and O–H groups in total. The second kappa shape index (κ2) is 9.07. The van der Waals surface area contributed by atoms with E-state index in [1.54, 1.807) is 0 Å². The molecule has 0 unspecified atom stereocenters. The van der Waals surface area contributed by atoms with Gasteiger partial charge < -0.3 is 14.9 Å². The Kier molecular flexibility index (Phi) is 6.28. The Morgan fingerprint density at radius 1 is 0.966 bits per heavy atom. The Labute approximate surface area is 173 Å². The zero-order chi connectivity index (χ0) is 20.2. The Morgan fingerprint density at radius 3 is 2.41 bits per heavy atom. The van der Waals surface area contributed by atoms with Crippen molar-refractivity contribution in [2.24, 2.45) is 0 Å². The van der Waals surface area contributed by atoms with E-state index in [1.165, 1.54) is 16.8 Å². The fraction of sp³-hybridized carbons (Fsp3) is 0.545. The van der Waals surface area contributed by atoms with Gasteiger partial charge in [0.25, 0.3) is 0 Å². The molecule has 29 heavy (non-hydrogen) atoms. The van der Waals surface area contributed by atoms with Crippen LogP contribution >= 0.6 is 0 Å². The van der Waals surface area contributed by atoms with E-state index in [1.807, 2.05) is 19.0 Å². The summed E-state index contributed by atoms with van der Waals surface area (Å²) in [5.41, 5.74) is 3.83. The van der Waals surface area contributed by atoms with E-state index >= 15 is 0 Å². The lowest BCUT2D eigenvalue weighted by Gasteiger charge is -2.38. The molecule has 1 saturated heterocycles. The molecule has 0 amide bonds. The monoisotopic (exact) mass is 396 g/mol. The van der Waals surface area contributed by atoms with E-state index in [0.717, 1.165) is 70.5 Å². The van der Waals surface area contributed by atoms with Gasteiger partial charge in [-0.2, -0.15) is 4.98 Å². The largest absolute Gasteiger partial charge is 0.395 e. The summed E-state index contributed by atoms with van der Waals surface area (Å²) in [5, 5.41) is 9.20. The van der Waals surface area contributed by atoms with Crippen LogP contribution in [-0.2, 0) is 19.5 Å². The van der Waals surface area contributed by atoms with Gasteiger partial charge in [0, 0.05) is 72.0 Å². The van der Waals surface area contributed by atoms with Crippen molar-refractivity contribution in [2.45, 2.75) is 19.5 Å². The summed E-state index contributed by atoms with van der Waals surface area (Å²) in [4.78, 5) is 19.1. The number of aliphatic hydroxyl groups is 1. The van der Waals surface area contributed by atoms with Crippen molar-refractivity contribution in [3.8, 4) is 0 Å². The van der Waals surface area contributed by atoms with Crippen LogP contribution in [0.3, 0.4) is 0 Å². The van der Waals surface area contributed by atoms with Crippen LogP contribution in [0.15, 0.2) is 30.3 Å². The van der Waals surface area contributed by atoms with Gasteiger partial charge in [-0.05, 0) is 12.0 Å². The minimum Gasteiger partial charge on any atom is -0.395 e. The maximum Gasteiger partial charge on any atom is 0.227 e. The molecule has 156 valence electrons. The predicted molar refractivity (Wildman–Crippen MR) is 116 cm³/mol. The molecule has 0 bridgehead atoms. The molecule has 0 atom stereocenters. The highest BCUT2D eigenvalue weighted by atomic mass is 16.3. The van der Waals surface area contributed by atoms with Gasteiger partial charge in [0.05, 0.1) is 12.3 Å². The third-order valence-electron chi connectivity index (χ3n) is 5.85. The van der Waals surface area contributed by atoms with Crippen molar-refractivity contribution in [1.29, 1.82) is 0 Å². The molecule has 0 spiro atoms. The summed E-state index contributed by atoms with van der Waals surface area (Å²) >= 11 is 0. The van der Waals surface area contributed by atoms with E-state index in [9.17, 15) is 5.11 Å². The average molecular weight is 397 g/mol. The molecule has 0 saturated carbocycles. The van der Waals surface area contributed by atoms with E-state index in [0.29, 0.717) is 0 Å². The number of hydrogen-bond acceptors (Lipinski definition) is 7. The van der Waals surface area contributed by atoms with Gasteiger partial charge in [0.1, 0.15) is 5.82 Å². The van der Waals surface area contributed by atoms with Crippen molar-refractivity contribution in [1.82, 2.24) is 19.8 Å². The zero-order valence-corrected chi connectivity index (χ0v) is 17.6. The molecule has 2 aliphatic heterocycles. The number of nitrogens with zero attached hydrogens (tertiary/aromatic N) is 6. The lowest BCUT2D eigenvalue weighted by atomic mass is 10.0. The second-order valence-corrected chi connectivity index (χ2v) is 8.17. The summed E-state index contributed by atoms with van der Waals surface area (Å²) in [6, 6.07) is 10.7. The summed E-state index contributed by atoms with van der Waals surface area (Å²) < 4.78 is 0. The normalized spacial score (nSPS) is 18.0. The molecule has 3 heterocycles. The van der Waals surface area contributed by atoms with Gasteiger partial charge in [0.15, 0.2) is 0 Å².